The van der Waals surface area contributed by atoms with Crippen molar-refractivity contribution in [1.29, 1.82) is 0 Å². The summed E-state index contributed by atoms with van der Waals surface area (Å²) in [6.07, 6.45) is 3.23. The van der Waals surface area contributed by atoms with E-state index in [9.17, 15) is 9.50 Å². The molecule has 0 aromatic heterocycles. The number of rotatable bonds is 2. The molecule has 1 aromatic rings. The Kier molecular flexibility index (Phi) is 2.82. The van der Waals surface area contributed by atoms with E-state index in [4.69, 9.17) is 5.73 Å². The largest absolute Gasteiger partial charge is 0.507 e. The van der Waals surface area contributed by atoms with E-state index in [0.717, 1.165) is 0 Å². The van der Waals surface area contributed by atoms with Crippen LogP contribution >= 0.6 is 0 Å². The first-order chi connectivity index (χ1) is 5.74. The summed E-state index contributed by atoms with van der Waals surface area (Å²) in [4.78, 5) is 0. The van der Waals surface area contributed by atoms with Crippen LogP contribution in [0.2, 0.25) is 0 Å². The van der Waals surface area contributed by atoms with Gasteiger partial charge in [-0.1, -0.05) is 12.2 Å². The second-order valence-electron chi connectivity index (χ2n) is 2.34. The van der Waals surface area contributed by atoms with E-state index in [-0.39, 0.29) is 11.6 Å². The minimum atomic E-state index is -0.371. The fourth-order valence-corrected chi connectivity index (χ4v) is 0.854. The molecule has 0 saturated heterocycles. The van der Waals surface area contributed by atoms with Crippen molar-refractivity contribution in [1.82, 2.24) is 0 Å². The van der Waals surface area contributed by atoms with Crippen LogP contribution in [-0.4, -0.2) is 11.7 Å². The Morgan fingerprint density at radius 2 is 2.25 bits per heavy atom. The third-order valence-corrected chi connectivity index (χ3v) is 1.42. The maximum atomic E-state index is 12.6. The number of nitrogens with two attached hydrogens (primary N) is 1. The average Bonchev–Trinajstić information content (AvgIpc) is 2.07. The molecule has 0 amide bonds. The lowest BCUT2D eigenvalue weighted by Crippen LogP contribution is -1.92. The minimum absolute atomic E-state index is 0.0566. The lowest BCUT2D eigenvalue weighted by atomic mass is 10.2. The number of benzene rings is 1. The van der Waals surface area contributed by atoms with E-state index in [1.165, 1.54) is 18.2 Å². The summed E-state index contributed by atoms with van der Waals surface area (Å²) in [6.45, 7) is 0.371. The maximum Gasteiger partial charge on any atom is 0.124 e. The lowest BCUT2D eigenvalue weighted by molar-refractivity contribution is 0.471. The molecule has 0 spiro atoms. The van der Waals surface area contributed by atoms with E-state index in [1.54, 1.807) is 12.2 Å². The van der Waals surface area contributed by atoms with Gasteiger partial charge in [0.05, 0.1) is 0 Å². The van der Waals surface area contributed by atoms with E-state index >= 15 is 0 Å². The molecule has 64 valence electrons. The number of phenols is 1. The molecule has 0 unspecified atom stereocenters. The van der Waals surface area contributed by atoms with E-state index < -0.39 is 0 Å². The van der Waals surface area contributed by atoms with Crippen molar-refractivity contribution >= 4 is 6.08 Å². The summed E-state index contributed by atoms with van der Waals surface area (Å²) in [5, 5.41) is 9.20. The zero-order chi connectivity index (χ0) is 8.97. The van der Waals surface area contributed by atoms with Crippen molar-refractivity contribution in [2.24, 2.45) is 5.73 Å². The molecule has 0 saturated carbocycles. The third-order valence-electron chi connectivity index (χ3n) is 1.42. The van der Waals surface area contributed by atoms with E-state index in [2.05, 4.69) is 0 Å². The Bertz CT molecular complexity index is 297. The predicted molar refractivity (Wildman–Crippen MR) is 46.2 cm³/mol. The van der Waals surface area contributed by atoms with Crippen LogP contribution in [0.3, 0.4) is 0 Å². The SMILES string of the molecule is NCC=Cc1cc(F)ccc1O. The Hall–Kier alpha value is -1.35. The molecule has 12 heavy (non-hydrogen) atoms. The first-order valence-corrected chi connectivity index (χ1v) is 3.59. The third kappa shape index (κ3) is 2.07. The van der Waals surface area contributed by atoms with Gasteiger partial charge in [0.2, 0.25) is 0 Å². The molecule has 0 heterocycles. The summed E-state index contributed by atoms with van der Waals surface area (Å²) in [7, 11) is 0. The van der Waals surface area contributed by atoms with Gasteiger partial charge in [0.15, 0.2) is 0 Å². The Morgan fingerprint density at radius 1 is 1.50 bits per heavy atom. The van der Waals surface area contributed by atoms with E-state index in [1.807, 2.05) is 0 Å². The van der Waals surface area contributed by atoms with Gasteiger partial charge in [0.25, 0.3) is 0 Å². The molecule has 0 aliphatic carbocycles. The standard InChI is InChI=1S/C9H10FNO/c10-8-3-4-9(12)7(6-8)2-1-5-11/h1-4,6,12H,5,11H2. The van der Waals surface area contributed by atoms with Gasteiger partial charge >= 0.3 is 0 Å². The van der Waals surface area contributed by atoms with Gasteiger partial charge in [0.1, 0.15) is 11.6 Å². The highest BCUT2D eigenvalue weighted by molar-refractivity contribution is 5.56. The van der Waals surface area contributed by atoms with Crippen molar-refractivity contribution < 1.29 is 9.50 Å². The smallest absolute Gasteiger partial charge is 0.124 e. The van der Waals surface area contributed by atoms with Crippen LogP contribution in [0.25, 0.3) is 6.08 Å². The average molecular weight is 167 g/mol. The number of hydrogen-bond donors (Lipinski definition) is 2. The fourth-order valence-electron chi connectivity index (χ4n) is 0.854. The lowest BCUT2D eigenvalue weighted by Gasteiger charge is -1.97. The topological polar surface area (TPSA) is 46.2 Å². The summed E-state index contributed by atoms with van der Waals surface area (Å²) in [6, 6.07) is 3.77. The zero-order valence-electron chi connectivity index (χ0n) is 6.50. The molecule has 1 aromatic carbocycles. The van der Waals surface area contributed by atoms with Gasteiger partial charge < -0.3 is 10.8 Å². The second kappa shape index (κ2) is 3.88. The van der Waals surface area contributed by atoms with Gasteiger partial charge in [-0.15, -0.1) is 0 Å². The molecule has 1 rings (SSSR count). The number of hydrogen-bond acceptors (Lipinski definition) is 2. The van der Waals surface area contributed by atoms with Crippen LogP contribution in [0.4, 0.5) is 4.39 Å². The maximum absolute atomic E-state index is 12.6. The number of phenolic OH excluding ortho intramolecular Hbond substituents is 1. The minimum Gasteiger partial charge on any atom is -0.507 e. The van der Waals surface area contributed by atoms with Crippen LogP contribution in [0, 0.1) is 5.82 Å². The highest BCUT2D eigenvalue weighted by atomic mass is 19.1. The van der Waals surface area contributed by atoms with Crippen LogP contribution < -0.4 is 5.73 Å². The molecule has 0 bridgehead atoms. The van der Waals surface area contributed by atoms with Crippen LogP contribution in [-0.2, 0) is 0 Å². The summed E-state index contributed by atoms with van der Waals surface area (Å²) >= 11 is 0. The van der Waals surface area contributed by atoms with Crippen molar-refractivity contribution in [3.8, 4) is 5.75 Å². The Balaban J connectivity index is 2.97. The highest BCUT2D eigenvalue weighted by Crippen LogP contribution is 2.18. The summed E-state index contributed by atoms with van der Waals surface area (Å²) < 4.78 is 12.6. The highest BCUT2D eigenvalue weighted by Gasteiger charge is 1.97. The van der Waals surface area contributed by atoms with Crippen molar-refractivity contribution in [3.63, 3.8) is 0 Å². The molecule has 0 fully saturated rings. The van der Waals surface area contributed by atoms with Gasteiger partial charge in [-0.05, 0) is 18.2 Å². The Morgan fingerprint density at radius 3 is 2.92 bits per heavy atom. The molecular formula is C9H10FNO. The summed E-state index contributed by atoms with van der Waals surface area (Å²) in [5.41, 5.74) is 5.65. The van der Waals surface area contributed by atoms with Gasteiger partial charge in [-0.2, -0.15) is 0 Å². The predicted octanol–water partition coefficient (Wildman–Crippen LogP) is 1.50. The van der Waals surface area contributed by atoms with E-state index in [0.29, 0.717) is 12.1 Å². The second-order valence-corrected chi connectivity index (χ2v) is 2.34. The molecule has 0 aliphatic heterocycles. The van der Waals surface area contributed by atoms with Crippen molar-refractivity contribution in [2.45, 2.75) is 0 Å². The first kappa shape index (κ1) is 8.74. The van der Waals surface area contributed by atoms with Gasteiger partial charge in [-0.25, -0.2) is 4.39 Å². The summed E-state index contributed by atoms with van der Waals surface area (Å²) in [5.74, 6) is -0.314. The molecular weight excluding hydrogens is 157 g/mol. The molecule has 0 aliphatic rings. The Labute approximate surface area is 70.1 Å². The quantitative estimate of drug-likeness (QED) is 0.701. The van der Waals surface area contributed by atoms with Crippen molar-refractivity contribution in [2.75, 3.05) is 6.54 Å². The monoisotopic (exact) mass is 167 g/mol. The molecule has 0 atom stereocenters. The van der Waals surface area contributed by atoms with Crippen LogP contribution in [0.1, 0.15) is 5.56 Å². The zero-order valence-corrected chi connectivity index (χ0v) is 6.50. The van der Waals surface area contributed by atoms with Crippen molar-refractivity contribution in [3.05, 3.63) is 35.7 Å². The molecule has 3 heteroatoms. The first-order valence-electron chi connectivity index (χ1n) is 3.59. The molecule has 3 N–H and O–H groups in total. The molecule has 2 nitrogen and oxygen atoms in total. The van der Waals surface area contributed by atoms with Gasteiger partial charge in [-0.3, -0.25) is 0 Å². The normalized spacial score (nSPS) is 10.8. The number of halogens is 1. The van der Waals surface area contributed by atoms with Crippen LogP contribution in [0.5, 0.6) is 5.75 Å². The molecule has 0 radical (unpaired) electrons. The van der Waals surface area contributed by atoms with Crippen LogP contribution in [0.15, 0.2) is 24.3 Å². The number of aromatic hydroxyl groups is 1. The fraction of sp³-hybridized carbons (Fsp3) is 0.111. The van der Waals surface area contributed by atoms with Gasteiger partial charge in [0, 0.05) is 12.1 Å².